The van der Waals surface area contributed by atoms with Gasteiger partial charge in [0, 0.05) is 13.7 Å². The van der Waals surface area contributed by atoms with E-state index in [0.717, 1.165) is 19.8 Å². The summed E-state index contributed by atoms with van der Waals surface area (Å²) >= 11 is 0. The minimum Gasteiger partial charge on any atom is -0.385 e. The molecular weight excluding hydrogens is 188 g/mol. The molecule has 1 aliphatic rings. The summed E-state index contributed by atoms with van der Waals surface area (Å²) in [6.45, 7) is 5.20. The molecule has 1 saturated heterocycles. The molecule has 0 aromatic rings. The van der Waals surface area contributed by atoms with E-state index in [9.17, 15) is 0 Å². The highest BCUT2D eigenvalue weighted by molar-refractivity contribution is 4.45. The molecule has 0 spiro atoms. The zero-order valence-corrected chi connectivity index (χ0v) is 10.6. The first kappa shape index (κ1) is 14.9. The lowest BCUT2D eigenvalue weighted by molar-refractivity contribution is 0.192. The molecule has 0 aliphatic carbocycles. The summed E-state index contributed by atoms with van der Waals surface area (Å²) in [5.41, 5.74) is 0. The Morgan fingerprint density at radius 3 is 1.73 bits per heavy atom. The molecule has 0 bridgehead atoms. The summed E-state index contributed by atoms with van der Waals surface area (Å²) in [5.74, 6) is 0. The first-order chi connectivity index (χ1) is 7.41. The van der Waals surface area contributed by atoms with Gasteiger partial charge in [-0.25, -0.2) is 0 Å². The average Bonchev–Trinajstić information content (AvgIpc) is 3.09. The van der Waals surface area contributed by atoms with Gasteiger partial charge in [-0.3, -0.25) is 0 Å². The largest absolute Gasteiger partial charge is 0.385 e. The van der Waals surface area contributed by atoms with E-state index < -0.39 is 0 Å². The highest BCUT2D eigenvalue weighted by atomic mass is 16.6. The van der Waals surface area contributed by atoms with Crippen LogP contribution >= 0.6 is 0 Å². The molecule has 92 valence electrons. The van der Waals surface area contributed by atoms with Gasteiger partial charge in [-0.1, -0.05) is 51.9 Å². The topological polar surface area (TPSA) is 21.8 Å². The van der Waals surface area contributed by atoms with E-state index in [0.29, 0.717) is 0 Å². The second-order valence-electron chi connectivity index (χ2n) is 4.08. The number of hydrogen-bond acceptors (Lipinski definition) is 2. The highest BCUT2D eigenvalue weighted by Crippen LogP contribution is 2.07. The van der Waals surface area contributed by atoms with Crippen LogP contribution in [-0.4, -0.2) is 26.9 Å². The van der Waals surface area contributed by atoms with Crippen molar-refractivity contribution in [3.05, 3.63) is 0 Å². The summed E-state index contributed by atoms with van der Waals surface area (Å²) in [5, 5.41) is 0. The number of epoxide rings is 1. The van der Waals surface area contributed by atoms with Crippen molar-refractivity contribution in [1.82, 2.24) is 0 Å². The van der Waals surface area contributed by atoms with Crippen LogP contribution in [0.1, 0.15) is 58.3 Å². The van der Waals surface area contributed by atoms with Gasteiger partial charge in [-0.2, -0.15) is 0 Å². The van der Waals surface area contributed by atoms with Crippen LogP contribution in [0.4, 0.5) is 0 Å². The van der Waals surface area contributed by atoms with Crippen molar-refractivity contribution >= 4 is 0 Å². The Labute approximate surface area is 95.3 Å². The summed E-state index contributed by atoms with van der Waals surface area (Å²) in [4.78, 5) is 0. The van der Waals surface area contributed by atoms with E-state index in [1.54, 1.807) is 7.11 Å². The Bertz CT molecular complexity index is 90.0. The number of methoxy groups -OCH3 is 1. The van der Waals surface area contributed by atoms with Gasteiger partial charge < -0.3 is 9.47 Å². The lowest BCUT2D eigenvalue weighted by Gasteiger charge is -2.00. The zero-order valence-electron chi connectivity index (χ0n) is 10.6. The monoisotopic (exact) mass is 216 g/mol. The van der Waals surface area contributed by atoms with Crippen molar-refractivity contribution in [2.24, 2.45) is 0 Å². The lowest BCUT2D eigenvalue weighted by atomic mass is 10.1. The number of ether oxygens (including phenoxy) is 2. The number of unbranched alkanes of at least 4 members (excludes halogenated alkanes) is 7. The van der Waals surface area contributed by atoms with Gasteiger partial charge in [0.2, 0.25) is 0 Å². The fraction of sp³-hybridized carbons (Fsp3) is 1.00. The molecule has 0 aromatic heterocycles. The second kappa shape index (κ2) is 13.9. The van der Waals surface area contributed by atoms with Gasteiger partial charge in [0.05, 0.1) is 13.2 Å². The normalized spacial score (nSPS) is 13.2. The summed E-state index contributed by atoms with van der Waals surface area (Å²) in [6, 6.07) is 0. The molecule has 0 aromatic carbocycles. The molecule has 0 saturated carbocycles. The Morgan fingerprint density at radius 2 is 1.33 bits per heavy atom. The van der Waals surface area contributed by atoms with E-state index in [1.807, 2.05) is 0 Å². The van der Waals surface area contributed by atoms with Crippen LogP contribution < -0.4 is 0 Å². The Morgan fingerprint density at radius 1 is 0.867 bits per heavy atom. The van der Waals surface area contributed by atoms with Crippen LogP contribution in [0.5, 0.6) is 0 Å². The molecule has 0 unspecified atom stereocenters. The molecular formula is C13H28O2. The minimum absolute atomic E-state index is 0.939. The van der Waals surface area contributed by atoms with Crippen molar-refractivity contribution < 1.29 is 9.47 Å². The molecule has 1 heterocycles. The first-order valence-electron chi connectivity index (χ1n) is 6.48. The average molecular weight is 216 g/mol. The van der Waals surface area contributed by atoms with Crippen molar-refractivity contribution in [2.75, 3.05) is 26.9 Å². The molecule has 0 N–H and O–H groups in total. The van der Waals surface area contributed by atoms with Crippen LogP contribution in [-0.2, 0) is 9.47 Å². The fourth-order valence-corrected chi connectivity index (χ4v) is 1.38. The number of rotatable bonds is 9. The number of hydrogen-bond donors (Lipinski definition) is 0. The van der Waals surface area contributed by atoms with Crippen LogP contribution in [0.25, 0.3) is 0 Å². The maximum Gasteiger partial charge on any atom is 0.0701 e. The highest BCUT2D eigenvalue weighted by Gasteiger charge is 1.94. The van der Waals surface area contributed by atoms with E-state index in [-0.39, 0.29) is 0 Å². The van der Waals surface area contributed by atoms with Crippen molar-refractivity contribution in [1.29, 1.82) is 0 Å². The van der Waals surface area contributed by atoms with Crippen LogP contribution in [0.3, 0.4) is 0 Å². The van der Waals surface area contributed by atoms with E-state index >= 15 is 0 Å². The Hall–Kier alpha value is -0.0800. The summed E-state index contributed by atoms with van der Waals surface area (Å²) < 4.78 is 9.49. The SMILES string of the molecule is C1CO1.CCCCCCCCCCOC. The van der Waals surface area contributed by atoms with Gasteiger partial charge in [0.25, 0.3) is 0 Å². The first-order valence-corrected chi connectivity index (χ1v) is 6.48. The molecule has 15 heavy (non-hydrogen) atoms. The van der Waals surface area contributed by atoms with Gasteiger partial charge >= 0.3 is 0 Å². The van der Waals surface area contributed by atoms with Crippen LogP contribution in [0.2, 0.25) is 0 Å². The molecule has 0 amide bonds. The molecule has 2 heteroatoms. The van der Waals surface area contributed by atoms with Crippen LogP contribution in [0.15, 0.2) is 0 Å². The van der Waals surface area contributed by atoms with E-state index in [1.165, 1.54) is 51.4 Å². The lowest BCUT2D eigenvalue weighted by Crippen LogP contribution is -1.88. The van der Waals surface area contributed by atoms with Gasteiger partial charge in [0.15, 0.2) is 0 Å². The summed E-state index contributed by atoms with van der Waals surface area (Å²) in [6.07, 6.45) is 11.0. The van der Waals surface area contributed by atoms with Crippen molar-refractivity contribution in [2.45, 2.75) is 58.3 Å². The maximum atomic E-state index is 4.99. The van der Waals surface area contributed by atoms with Gasteiger partial charge in [-0.15, -0.1) is 0 Å². The zero-order chi connectivity index (χ0) is 11.2. The standard InChI is InChI=1S/C11H24O.C2H4O/c1-3-4-5-6-7-8-9-10-11-12-2;1-2-3-1/h3-11H2,1-2H3;1-2H2. The van der Waals surface area contributed by atoms with Gasteiger partial charge in [0.1, 0.15) is 0 Å². The Balaban J connectivity index is 0.000000548. The maximum absolute atomic E-state index is 4.99. The third-order valence-corrected chi connectivity index (χ3v) is 2.41. The smallest absolute Gasteiger partial charge is 0.0701 e. The predicted molar refractivity (Wildman–Crippen MR) is 65.3 cm³/mol. The fourth-order valence-electron chi connectivity index (χ4n) is 1.38. The summed E-state index contributed by atoms with van der Waals surface area (Å²) in [7, 11) is 1.78. The molecule has 0 atom stereocenters. The third kappa shape index (κ3) is 20.1. The minimum atomic E-state index is 0.939. The Kier molecular flexibility index (Phi) is 13.8. The predicted octanol–water partition coefficient (Wildman–Crippen LogP) is 3.79. The molecule has 2 nitrogen and oxygen atoms in total. The van der Waals surface area contributed by atoms with Crippen LogP contribution in [0, 0.1) is 0 Å². The molecule has 1 aliphatic heterocycles. The van der Waals surface area contributed by atoms with E-state index in [2.05, 4.69) is 11.7 Å². The van der Waals surface area contributed by atoms with Crippen molar-refractivity contribution in [3.8, 4) is 0 Å². The van der Waals surface area contributed by atoms with E-state index in [4.69, 9.17) is 4.74 Å². The third-order valence-electron chi connectivity index (χ3n) is 2.41. The van der Waals surface area contributed by atoms with Gasteiger partial charge in [-0.05, 0) is 6.42 Å². The molecule has 1 fully saturated rings. The second-order valence-corrected chi connectivity index (χ2v) is 4.08. The quantitative estimate of drug-likeness (QED) is 0.432. The molecule has 1 rings (SSSR count). The van der Waals surface area contributed by atoms with Crippen molar-refractivity contribution in [3.63, 3.8) is 0 Å². The molecule has 0 radical (unpaired) electrons.